The summed E-state index contributed by atoms with van der Waals surface area (Å²) in [6, 6.07) is 0. The minimum absolute atomic E-state index is 0.413. The molecule has 0 heterocycles. The summed E-state index contributed by atoms with van der Waals surface area (Å²) in [4.78, 5) is 22.7. The van der Waals surface area contributed by atoms with Crippen LogP contribution in [0.2, 0.25) is 19.6 Å². The lowest BCUT2D eigenvalue weighted by atomic mass is 10.1. The van der Waals surface area contributed by atoms with E-state index in [2.05, 4.69) is 4.74 Å². The Morgan fingerprint density at radius 3 is 2.00 bits per heavy atom. The molecule has 14 heavy (non-hydrogen) atoms. The van der Waals surface area contributed by atoms with Crippen molar-refractivity contribution in [3.63, 3.8) is 0 Å². The van der Waals surface area contributed by atoms with Crippen molar-refractivity contribution in [2.75, 3.05) is 7.11 Å². The third kappa shape index (κ3) is 4.41. The van der Waals surface area contributed by atoms with Crippen molar-refractivity contribution in [2.24, 2.45) is 5.92 Å². The van der Waals surface area contributed by atoms with Crippen molar-refractivity contribution in [3.8, 4) is 0 Å². The van der Waals surface area contributed by atoms with Crippen LogP contribution in [0, 0.1) is 5.92 Å². The van der Waals surface area contributed by atoms with Crippen LogP contribution in [0.25, 0.3) is 0 Å². The maximum atomic E-state index is 11.5. The van der Waals surface area contributed by atoms with Crippen LogP contribution in [0.4, 0.5) is 0 Å². The first kappa shape index (κ1) is 13.2. The topological polar surface area (TPSA) is 52.6 Å². The molecule has 0 N–H and O–H groups in total. The fourth-order valence-electron chi connectivity index (χ4n) is 0.945. The van der Waals surface area contributed by atoms with Crippen molar-refractivity contribution < 1.29 is 18.8 Å². The fourth-order valence-corrected chi connectivity index (χ4v) is 1.69. The average molecular weight is 218 g/mol. The molecule has 0 aliphatic carbocycles. The molecular weight excluding hydrogens is 200 g/mol. The van der Waals surface area contributed by atoms with Crippen LogP contribution in [-0.4, -0.2) is 27.4 Å². The van der Waals surface area contributed by atoms with E-state index in [1.807, 2.05) is 19.6 Å². The smallest absolute Gasteiger partial charge is 0.319 e. The van der Waals surface area contributed by atoms with Gasteiger partial charge in [0.25, 0.3) is 0 Å². The lowest BCUT2D eigenvalue weighted by Gasteiger charge is -2.20. The Kier molecular flexibility index (Phi) is 4.83. The zero-order valence-corrected chi connectivity index (χ0v) is 10.4. The molecule has 82 valence electrons. The maximum Gasteiger partial charge on any atom is 0.319 e. The first-order valence-electron chi connectivity index (χ1n) is 4.62. The maximum absolute atomic E-state index is 11.5. The van der Waals surface area contributed by atoms with Gasteiger partial charge in [0.2, 0.25) is 8.32 Å². The van der Waals surface area contributed by atoms with E-state index in [1.54, 1.807) is 6.92 Å². The van der Waals surface area contributed by atoms with E-state index in [-0.39, 0.29) is 0 Å². The average Bonchev–Trinajstić information content (AvgIpc) is 2.01. The molecule has 0 aliphatic heterocycles. The first-order chi connectivity index (χ1) is 6.31. The quantitative estimate of drug-likeness (QED) is 0.408. The van der Waals surface area contributed by atoms with Gasteiger partial charge in [-0.05, 0) is 26.1 Å². The van der Waals surface area contributed by atoms with E-state index in [9.17, 15) is 9.59 Å². The van der Waals surface area contributed by atoms with Gasteiger partial charge in [-0.25, -0.2) is 0 Å². The van der Waals surface area contributed by atoms with Crippen molar-refractivity contribution in [3.05, 3.63) is 0 Å². The van der Waals surface area contributed by atoms with Crippen LogP contribution >= 0.6 is 0 Å². The molecule has 1 atom stereocenters. The minimum Gasteiger partial charge on any atom is -0.519 e. The third-order valence-corrected chi connectivity index (χ3v) is 2.40. The molecule has 4 nitrogen and oxygen atoms in total. The molecule has 0 radical (unpaired) electrons. The Labute approximate surface area is 85.7 Å². The monoisotopic (exact) mass is 218 g/mol. The van der Waals surface area contributed by atoms with Crippen LogP contribution in [0.15, 0.2) is 0 Å². The molecule has 5 heteroatoms. The third-order valence-electron chi connectivity index (χ3n) is 1.59. The standard InChI is InChI=1S/C9H18O4Si/c1-6-7(8(10)12-2)9(11)13-14(3,4)5/h7H,6H2,1-5H3. The van der Waals surface area contributed by atoms with E-state index in [1.165, 1.54) is 7.11 Å². The second-order valence-corrected chi connectivity index (χ2v) is 8.45. The second-order valence-electron chi connectivity index (χ2n) is 4.02. The van der Waals surface area contributed by atoms with E-state index in [0.717, 1.165) is 0 Å². The Morgan fingerprint density at radius 2 is 1.71 bits per heavy atom. The highest BCUT2D eigenvalue weighted by Crippen LogP contribution is 2.12. The van der Waals surface area contributed by atoms with Crippen LogP contribution < -0.4 is 0 Å². The van der Waals surface area contributed by atoms with Gasteiger partial charge in [-0.1, -0.05) is 6.92 Å². The molecular formula is C9H18O4Si. The molecule has 0 amide bonds. The predicted octanol–water partition coefficient (Wildman–Crippen LogP) is 1.56. The van der Waals surface area contributed by atoms with Crippen LogP contribution in [0.1, 0.15) is 13.3 Å². The van der Waals surface area contributed by atoms with E-state index < -0.39 is 26.2 Å². The lowest BCUT2D eigenvalue weighted by molar-refractivity contribution is -0.155. The Bertz CT molecular complexity index is 219. The number of rotatable bonds is 4. The summed E-state index contributed by atoms with van der Waals surface area (Å²) in [7, 11) is -0.645. The molecule has 0 fully saturated rings. The molecule has 0 aromatic heterocycles. The van der Waals surface area contributed by atoms with E-state index >= 15 is 0 Å². The highest BCUT2D eigenvalue weighted by atomic mass is 28.4. The zero-order chi connectivity index (χ0) is 11.4. The Hall–Kier alpha value is -0.843. The first-order valence-corrected chi connectivity index (χ1v) is 8.03. The van der Waals surface area contributed by atoms with Crippen molar-refractivity contribution in [1.29, 1.82) is 0 Å². The molecule has 0 saturated carbocycles. The van der Waals surface area contributed by atoms with Crippen LogP contribution in [-0.2, 0) is 18.8 Å². The largest absolute Gasteiger partial charge is 0.519 e. The highest BCUT2D eigenvalue weighted by molar-refractivity contribution is 6.71. The van der Waals surface area contributed by atoms with Gasteiger partial charge in [0.1, 0.15) is 0 Å². The van der Waals surface area contributed by atoms with Crippen molar-refractivity contribution in [1.82, 2.24) is 0 Å². The fraction of sp³-hybridized carbons (Fsp3) is 0.778. The molecule has 0 spiro atoms. The number of carbonyl (C=O) groups is 2. The molecule has 0 bridgehead atoms. The zero-order valence-electron chi connectivity index (χ0n) is 9.42. The van der Waals surface area contributed by atoms with Crippen LogP contribution in [0.3, 0.4) is 0 Å². The van der Waals surface area contributed by atoms with Gasteiger partial charge in [0.05, 0.1) is 7.11 Å². The van der Waals surface area contributed by atoms with Crippen molar-refractivity contribution >= 4 is 20.3 Å². The van der Waals surface area contributed by atoms with Gasteiger partial charge < -0.3 is 9.16 Å². The van der Waals surface area contributed by atoms with Gasteiger partial charge >= 0.3 is 11.9 Å². The molecule has 0 saturated heterocycles. The normalized spacial score (nSPS) is 13.2. The van der Waals surface area contributed by atoms with Gasteiger partial charge in [-0.2, -0.15) is 0 Å². The number of hydrogen-bond donors (Lipinski definition) is 0. The number of esters is 1. The summed E-state index contributed by atoms with van der Waals surface area (Å²) in [5.41, 5.74) is 0. The number of carbonyl (C=O) groups excluding carboxylic acids is 2. The minimum atomic E-state index is -1.92. The summed E-state index contributed by atoms with van der Waals surface area (Å²) >= 11 is 0. The van der Waals surface area contributed by atoms with E-state index in [4.69, 9.17) is 4.43 Å². The number of hydrogen-bond acceptors (Lipinski definition) is 4. The molecule has 0 aliphatic rings. The van der Waals surface area contributed by atoms with Gasteiger partial charge in [-0.15, -0.1) is 0 Å². The van der Waals surface area contributed by atoms with E-state index in [0.29, 0.717) is 6.42 Å². The second kappa shape index (κ2) is 5.14. The van der Waals surface area contributed by atoms with Crippen molar-refractivity contribution in [2.45, 2.75) is 33.0 Å². The summed E-state index contributed by atoms with van der Waals surface area (Å²) in [5.74, 6) is -1.75. The number of ether oxygens (including phenoxy) is 1. The molecule has 1 unspecified atom stereocenters. The summed E-state index contributed by atoms with van der Waals surface area (Å²) in [6.45, 7) is 7.45. The van der Waals surface area contributed by atoms with Gasteiger partial charge in [0.15, 0.2) is 5.92 Å². The SMILES string of the molecule is CCC(C(=O)OC)C(=O)O[Si](C)(C)C. The molecule has 0 aromatic carbocycles. The summed E-state index contributed by atoms with van der Waals surface area (Å²) in [5, 5.41) is 0. The molecule has 0 aromatic rings. The summed E-state index contributed by atoms with van der Waals surface area (Å²) in [6.07, 6.45) is 0.413. The van der Waals surface area contributed by atoms with Crippen LogP contribution in [0.5, 0.6) is 0 Å². The Balaban J connectivity index is 4.40. The Morgan fingerprint density at radius 1 is 1.21 bits per heavy atom. The highest BCUT2D eigenvalue weighted by Gasteiger charge is 2.31. The molecule has 0 rings (SSSR count). The van der Waals surface area contributed by atoms with Gasteiger partial charge in [0, 0.05) is 0 Å². The predicted molar refractivity (Wildman–Crippen MR) is 55.2 cm³/mol. The number of methoxy groups -OCH3 is 1. The summed E-state index contributed by atoms with van der Waals surface area (Å²) < 4.78 is 9.73. The lowest BCUT2D eigenvalue weighted by Crippen LogP contribution is -2.35. The van der Waals surface area contributed by atoms with Gasteiger partial charge in [-0.3, -0.25) is 9.59 Å².